The molecule has 0 saturated heterocycles. The van der Waals surface area contributed by atoms with Gasteiger partial charge in [0.2, 0.25) is 17.7 Å². The van der Waals surface area contributed by atoms with Crippen LogP contribution in [0.1, 0.15) is 48.5 Å². The number of para-hydroxylation sites is 2. The van der Waals surface area contributed by atoms with Crippen molar-refractivity contribution in [3.8, 4) is 23.0 Å². The van der Waals surface area contributed by atoms with E-state index in [4.69, 9.17) is 9.47 Å². The van der Waals surface area contributed by atoms with Crippen molar-refractivity contribution in [3.05, 3.63) is 47.5 Å². The minimum absolute atomic E-state index is 0.0295. The summed E-state index contributed by atoms with van der Waals surface area (Å²) in [4.78, 5) is 53.7. The van der Waals surface area contributed by atoms with Gasteiger partial charge < -0.3 is 35.2 Å². The molecule has 0 aliphatic carbocycles. The number of phenolic OH excluding ortho intramolecular Hbond substituents is 4. The fourth-order valence-electron chi connectivity index (χ4n) is 3.84. The maximum Gasteiger partial charge on any atom is 0.342 e. The zero-order chi connectivity index (χ0) is 30.1. The van der Waals surface area contributed by atoms with Gasteiger partial charge in [-0.3, -0.25) is 19.6 Å². The number of unbranched alkanes of at least 4 members (excludes halogenated alkanes) is 2. The summed E-state index contributed by atoms with van der Waals surface area (Å²) in [5, 5.41) is 51.8. The van der Waals surface area contributed by atoms with Crippen molar-refractivity contribution in [3.63, 3.8) is 0 Å². The van der Waals surface area contributed by atoms with Crippen LogP contribution in [0.25, 0.3) is 0 Å². The van der Waals surface area contributed by atoms with E-state index in [0.717, 1.165) is 0 Å². The number of nitrogens with one attached hydrogen (secondary N) is 1. The molecule has 0 aromatic heterocycles. The quantitative estimate of drug-likeness (QED) is 0.0661. The number of Topliss-reactive ketones (excluding diaryl/α,β-unsaturated/α-hetero) is 1. The molecule has 3 rings (SSSR count). The van der Waals surface area contributed by atoms with E-state index < -0.39 is 65.3 Å². The summed E-state index contributed by atoms with van der Waals surface area (Å²) < 4.78 is 10.6. The van der Waals surface area contributed by atoms with Gasteiger partial charge in [0.15, 0.2) is 34.8 Å². The third kappa shape index (κ3) is 8.08. The van der Waals surface area contributed by atoms with Crippen molar-refractivity contribution < 1.29 is 54.3 Å². The van der Waals surface area contributed by atoms with E-state index in [-0.39, 0.29) is 36.6 Å². The van der Waals surface area contributed by atoms with E-state index in [2.05, 4.69) is 10.3 Å². The molecule has 0 saturated carbocycles. The van der Waals surface area contributed by atoms with Gasteiger partial charge in [0.1, 0.15) is 24.8 Å². The molecule has 14 nitrogen and oxygen atoms in total. The van der Waals surface area contributed by atoms with Crippen LogP contribution >= 0.6 is 0 Å². The van der Waals surface area contributed by atoms with Crippen molar-refractivity contribution in [2.24, 2.45) is 4.99 Å². The Morgan fingerprint density at radius 1 is 1.02 bits per heavy atom. The number of hydroxylamine groups is 2. The summed E-state index contributed by atoms with van der Waals surface area (Å²) in [6, 6.07) is 5.42. The van der Waals surface area contributed by atoms with Gasteiger partial charge in [-0.25, -0.2) is 14.9 Å². The molecule has 6 N–H and O–H groups in total. The molecule has 0 spiro atoms. The lowest BCUT2D eigenvalue weighted by atomic mass is 10.1. The lowest BCUT2D eigenvalue weighted by Crippen LogP contribution is -2.48. The second-order valence-electron chi connectivity index (χ2n) is 9.19. The van der Waals surface area contributed by atoms with Gasteiger partial charge in [-0.05, 0) is 37.1 Å². The molecule has 2 atom stereocenters. The van der Waals surface area contributed by atoms with Crippen molar-refractivity contribution >= 4 is 29.5 Å². The van der Waals surface area contributed by atoms with Crippen LogP contribution in [0.5, 0.6) is 23.0 Å². The number of ketones is 1. The molecule has 2 aromatic carbocycles. The highest BCUT2D eigenvalue weighted by atomic mass is 16.5. The summed E-state index contributed by atoms with van der Waals surface area (Å²) in [6.07, 6.45) is 1.22. The van der Waals surface area contributed by atoms with E-state index >= 15 is 0 Å². The first-order valence-corrected chi connectivity index (χ1v) is 12.7. The number of amides is 2. The number of hydrogen-bond acceptors (Lipinski definition) is 12. The molecule has 0 radical (unpaired) electrons. The molecule has 220 valence electrons. The first-order valence-electron chi connectivity index (χ1n) is 12.7. The molecule has 1 aliphatic rings. The molecule has 2 aromatic rings. The molecule has 41 heavy (non-hydrogen) atoms. The van der Waals surface area contributed by atoms with Crippen LogP contribution in [0.15, 0.2) is 41.4 Å². The summed E-state index contributed by atoms with van der Waals surface area (Å²) in [5.74, 6) is -4.97. The normalized spacial score (nSPS) is 14.9. The van der Waals surface area contributed by atoms with Crippen LogP contribution in [0, 0.1) is 0 Å². The summed E-state index contributed by atoms with van der Waals surface area (Å²) in [5.41, 5.74) is -0.273. The largest absolute Gasteiger partial charge is 0.504 e. The third-order valence-corrected chi connectivity index (χ3v) is 6.18. The highest BCUT2D eigenvalue weighted by molar-refractivity contribution is 6.01. The Labute approximate surface area is 234 Å². The predicted octanol–water partition coefficient (Wildman–Crippen LogP) is 1.36. The Morgan fingerprint density at radius 3 is 2.41 bits per heavy atom. The number of carbonyl (C=O) groups excluding carboxylic acids is 4. The fourth-order valence-corrected chi connectivity index (χ4v) is 3.84. The number of carbonyl (C=O) groups is 4. The number of aromatic hydroxyl groups is 4. The van der Waals surface area contributed by atoms with Gasteiger partial charge in [-0.2, -0.15) is 0 Å². The Hall–Kier alpha value is -4.85. The number of rotatable bonds is 13. The summed E-state index contributed by atoms with van der Waals surface area (Å²) in [7, 11) is 0. The topological polar surface area (TPSA) is 216 Å². The van der Waals surface area contributed by atoms with Crippen molar-refractivity contribution in [1.82, 2.24) is 10.4 Å². The minimum Gasteiger partial charge on any atom is -0.504 e. The summed E-state index contributed by atoms with van der Waals surface area (Å²) in [6.45, 7) is 0.488. The Balaban J connectivity index is 1.67. The molecule has 14 heteroatoms. The summed E-state index contributed by atoms with van der Waals surface area (Å²) >= 11 is 0. The Bertz CT molecular complexity index is 1330. The smallest absolute Gasteiger partial charge is 0.342 e. The van der Waals surface area contributed by atoms with Crippen LogP contribution in [-0.2, 0) is 23.9 Å². The second kappa shape index (κ2) is 14.0. The number of phenols is 4. The number of aliphatic imine (C=N–C) groups is 1. The second-order valence-corrected chi connectivity index (χ2v) is 9.19. The first kappa shape index (κ1) is 30.7. The Morgan fingerprint density at radius 2 is 1.71 bits per heavy atom. The highest BCUT2D eigenvalue weighted by Gasteiger charge is 2.32. The van der Waals surface area contributed by atoms with Gasteiger partial charge >= 0.3 is 5.97 Å². The molecule has 0 fully saturated rings. The van der Waals surface area contributed by atoms with Crippen molar-refractivity contribution in [2.75, 3.05) is 19.8 Å². The van der Waals surface area contributed by atoms with E-state index in [1.165, 1.54) is 43.3 Å². The molecular weight excluding hydrogens is 542 g/mol. The Kier molecular flexibility index (Phi) is 10.5. The zero-order valence-electron chi connectivity index (χ0n) is 22.1. The standard InChI is InChI=1S/C27H31N3O11/c1-15(31)30(39)12-4-2-3-9-20(32)18(13-41-27(38)17-8-6-11-22(34)24(17)36)28-25(37)19-14-40-26(29-19)16-7-5-10-21(33)23(16)35/h5-8,10-11,18-19,33-36,39H,2-4,9,12-14H2,1H3,(H,28,37). The van der Waals surface area contributed by atoms with E-state index in [1.54, 1.807) is 0 Å². The van der Waals surface area contributed by atoms with E-state index in [0.29, 0.717) is 24.3 Å². The number of nitrogens with zero attached hydrogens (tertiary/aromatic N) is 2. The van der Waals surface area contributed by atoms with Gasteiger partial charge in [-0.15, -0.1) is 0 Å². The molecule has 0 bridgehead atoms. The van der Waals surface area contributed by atoms with Crippen LogP contribution in [0.4, 0.5) is 0 Å². The molecule has 1 aliphatic heterocycles. The van der Waals surface area contributed by atoms with Crippen molar-refractivity contribution in [2.45, 2.75) is 44.7 Å². The van der Waals surface area contributed by atoms with Crippen LogP contribution in [0.3, 0.4) is 0 Å². The van der Waals surface area contributed by atoms with Gasteiger partial charge in [0.05, 0.1) is 5.56 Å². The molecule has 2 unspecified atom stereocenters. The van der Waals surface area contributed by atoms with E-state index in [1.807, 2.05) is 0 Å². The lowest BCUT2D eigenvalue weighted by Gasteiger charge is -2.19. The molecular formula is C27H31N3O11. The highest BCUT2D eigenvalue weighted by Crippen LogP contribution is 2.31. The zero-order valence-corrected chi connectivity index (χ0v) is 22.1. The van der Waals surface area contributed by atoms with E-state index in [9.17, 15) is 44.8 Å². The monoisotopic (exact) mass is 573 g/mol. The van der Waals surface area contributed by atoms with Crippen LogP contribution < -0.4 is 5.32 Å². The number of hydrogen-bond donors (Lipinski definition) is 6. The molecule has 2 amide bonds. The maximum absolute atomic E-state index is 13.0. The van der Waals surface area contributed by atoms with Crippen LogP contribution in [-0.4, -0.2) is 92.0 Å². The minimum atomic E-state index is -1.30. The van der Waals surface area contributed by atoms with Gasteiger partial charge in [-0.1, -0.05) is 18.6 Å². The first-order chi connectivity index (χ1) is 19.5. The average Bonchev–Trinajstić information content (AvgIpc) is 3.43. The predicted molar refractivity (Wildman–Crippen MR) is 141 cm³/mol. The van der Waals surface area contributed by atoms with Crippen LogP contribution in [0.2, 0.25) is 0 Å². The average molecular weight is 574 g/mol. The van der Waals surface area contributed by atoms with Crippen molar-refractivity contribution in [1.29, 1.82) is 0 Å². The molecule has 1 heterocycles. The van der Waals surface area contributed by atoms with Gasteiger partial charge in [0.25, 0.3) is 0 Å². The fraction of sp³-hybridized carbons (Fsp3) is 0.370. The maximum atomic E-state index is 13.0. The SMILES string of the molecule is CC(=O)N(O)CCCCCC(=O)C(COC(=O)c1cccc(O)c1O)NC(=O)C1COC(c2cccc(O)c2O)=N1. The number of ether oxygens (including phenoxy) is 2. The third-order valence-electron chi connectivity index (χ3n) is 6.18. The number of esters is 1. The lowest BCUT2D eigenvalue weighted by molar-refractivity contribution is -0.162. The number of benzene rings is 2. The van der Waals surface area contributed by atoms with Gasteiger partial charge in [0, 0.05) is 19.9 Å².